The molecule has 0 aliphatic carbocycles. The number of nitrogens with zero attached hydrogens (tertiary/aromatic N) is 3. The van der Waals surface area contributed by atoms with Gasteiger partial charge in [0, 0.05) is 19.3 Å². The van der Waals surface area contributed by atoms with Gasteiger partial charge in [-0.3, -0.25) is 4.98 Å². The van der Waals surface area contributed by atoms with Crippen molar-refractivity contribution in [1.29, 1.82) is 0 Å². The molecule has 14 heavy (non-hydrogen) atoms. The van der Waals surface area contributed by atoms with Crippen LogP contribution in [0.2, 0.25) is 0 Å². The van der Waals surface area contributed by atoms with Crippen molar-refractivity contribution in [3.05, 3.63) is 18.5 Å². The van der Waals surface area contributed by atoms with E-state index in [9.17, 15) is 5.11 Å². The number of rotatable bonds is 2. The molecule has 74 valence electrons. The highest BCUT2D eigenvalue weighted by molar-refractivity contribution is 5.64. The largest absolute Gasteiger partial charge is 0.504 e. The van der Waals surface area contributed by atoms with E-state index in [4.69, 9.17) is 0 Å². The van der Waals surface area contributed by atoms with Crippen LogP contribution in [0.5, 0.6) is 5.75 Å². The molecule has 1 aromatic heterocycles. The second kappa shape index (κ2) is 4.09. The van der Waals surface area contributed by atoms with Crippen LogP contribution in [0.15, 0.2) is 23.5 Å². The first-order chi connectivity index (χ1) is 6.86. The first-order valence-electron chi connectivity index (χ1n) is 4.77. The smallest absolute Gasteiger partial charge is 0.159 e. The van der Waals surface area contributed by atoms with Gasteiger partial charge in [0.05, 0.1) is 12.5 Å². The van der Waals surface area contributed by atoms with Crippen molar-refractivity contribution in [2.45, 2.75) is 12.8 Å². The van der Waals surface area contributed by atoms with Crippen molar-refractivity contribution in [2.24, 2.45) is 4.99 Å². The molecule has 1 aliphatic heterocycles. The number of likely N-dealkylation sites (tertiary alicyclic amines) is 1. The summed E-state index contributed by atoms with van der Waals surface area (Å²) in [6.45, 7) is 2.13. The second-order valence-electron chi connectivity index (χ2n) is 3.35. The lowest BCUT2D eigenvalue weighted by molar-refractivity contribution is 0.473. The van der Waals surface area contributed by atoms with Crippen molar-refractivity contribution in [1.82, 2.24) is 9.88 Å². The first kappa shape index (κ1) is 8.99. The maximum atomic E-state index is 9.39. The van der Waals surface area contributed by atoms with Crippen molar-refractivity contribution in [3.8, 4) is 5.75 Å². The minimum atomic E-state index is 0.128. The molecule has 1 aromatic rings. The van der Waals surface area contributed by atoms with Gasteiger partial charge >= 0.3 is 0 Å². The van der Waals surface area contributed by atoms with Gasteiger partial charge in [-0.2, -0.15) is 0 Å². The predicted molar refractivity (Wildman–Crippen MR) is 54.9 cm³/mol. The minimum absolute atomic E-state index is 0.128. The van der Waals surface area contributed by atoms with Gasteiger partial charge in [0.15, 0.2) is 5.75 Å². The lowest BCUT2D eigenvalue weighted by atomic mass is 10.4. The molecule has 1 N–H and O–H groups in total. The average molecular weight is 191 g/mol. The molecule has 4 heteroatoms. The maximum absolute atomic E-state index is 9.39. The molecule has 0 bridgehead atoms. The zero-order valence-electron chi connectivity index (χ0n) is 7.93. The molecule has 2 heterocycles. The van der Waals surface area contributed by atoms with Crippen LogP contribution in [-0.2, 0) is 0 Å². The Morgan fingerprint density at radius 1 is 1.43 bits per heavy atom. The van der Waals surface area contributed by atoms with Gasteiger partial charge in [0.2, 0.25) is 0 Å². The van der Waals surface area contributed by atoms with E-state index in [1.807, 2.05) is 0 Å². The quantitative estimate of drug-likeness (QED) is 0.570. The Labute approximate surface area is 82.9 Å². The Morgan fingerprint density at radius 3 is 2.93 bits per heavy atom. The lowest BCUT2D eigenvalue weighted by Crippen LogP contribution is -2.15. The molecule has 1 saturated heterocycles. The van der Waals surface area contributed by atoms with Crippen LogP contribution in [0, 0.1) is 0 Å². The van der Waals surface area contributed by atoms with E-state index in [2.05, 4.69) is 14.9 Å². The van der Waals surface area contributed by atoms with Crippen LogP contribution in [0.3, 0.4) is 0 Å². The van der Waals surface area contributed by atoms with Gasteiger partial charge in [-0.05, 0) is 18.9 Å². The molecule has 0 unspecified atom stereocenters. The fourth-order valence-corrected chi connectivity index (χ4v) is 1.49. The van der Waals surface area contributed by atoms with Crippen molar-refractivity contribution >= 4 is 12.0 Å². The molecule has 0 aromatic carbocycles. The summed E-state index contributed by atoms with van der Waals surface area (Å²) in [5.41, 5.74) is 0.576. The van der Waals surface area contributed by atoms with Gasteiger partial charge < -0.3 is 10.0 Å². The third kappa shape index (κ3) is 2.02. The number of aromatic nitrogens is 1. The molecule has 4 nitrogen and oxygen atoms in total. The van der Waals surface area contributed by atoms with Crippen LogP contribution < -0.4 is 0 Å². The van der Waals surface area contributed by atoms with Crippen LogP contribution >= 0.6 is 0 Å². The van der Waals surface area contributed by atoms with Crippen molar-refractivity contribution in [3.63, 3.8) is 0 Å². The monoisotopic (exact) mass is 191 g/mol. The van der Waals surface area contributed by atoms with E-state index in [1.54, 1.807) is 18.6 Å². The third-order valence-corrected chi connectivity index (χ3v) is 2.28. The van der Waals surface area contributed by atoms with Crippen LogP contribution in [0.1, 0.15) is 12.8 Å². The Bertz CT molecular complexity index is 332. The van der Waals surface area contributed by atoms with Crippen LogP contribution in [0.25, 0.3) is 0 Å². The fourth-order valence-electron chi connectivity index (χ4n) is 1.49. The van der Waals surface area contributed by atoms with E-state index in [0.717, 1.165) is 13.1 Å². The first-order valence-corrected chi connectivity index (χ1v) is 4.77. The average Bonchev–Trinajstić information content (AvgIpc) is 2.69. The highest BCUT2D eigenvalue weighted by atomic mass is 16.3. The Morgan fingerprint density at radius 2 is 2.21 bits per heavy atom. The van der Waals surface area contributed by atoms with E-state index < -0.39 is 0 Å². The Balaban J connectivity index is 2.06. The number of aromatic hydroxyl groups is 1. The van der Waals surface area contributed by atoms with Gasteiger partial charge in [0.25, 0.3) is 0 Å². The summed E-state index contributed by atoms with van der Waals surface area (Å²) in [4.78, 5) is 10.1. The molecule has 2 rings (SSSR count). The van der Waals surface area contributed by atoms with Crippen LogP contribution in [-0.4, -0.2) is 34.4 Å². The SMILES string of the molecule is Oc1cnccc1/N=C/N1CCCC1. The van der Waals surface area contributed by atoms with Gasteiger partial charge in [-0.1, -0.05) is 0 Å². The predicted octanol–water partition coefficient (Wildman–Crippen LogP) is 1.54. The lowest BCUT2D eigenvalue weighted by Gasteiger charge is -2.08. The number of hydrogen-bond acceptors (Lipinski definition) is 3. The van der Waals surface area contributed by atoms with E-state index in [-0.39, 0.29) is 5.75 Å². The summed E-state index contributed by atoms with van der Waals surface area (Å²) in [5.74, 6) is 0.128. The number of aliphatic imine (C=N–C) groups is 1. The normalized spacial score (nSPS) is 16.7. The Hall–Kier alpha value is -1.58. The van der Waals surface area contributed by atoms with Crippen molar-refractivity contribution in [2.75, 3.05) is 13.1 Å². The highest BCUT2D eigenvalue weighted by Crippen LogP contribution is 2.23. The molecule has 0 saturated carbocycles. The molecule has 0 amide bonds. The molecule has 0 atom stereocenters. The molecule has 1 fully saturated rings. The molecule has 0 spiro atoms. The standard InChI is InChI=1S/C10H13N3O/c14-10-7-11-4-3-9(10)12-8-13-5-1-2-6-13/h3-4,7-8,14H,1-2,5-6H2/b12-8+. The van der Waals surface area contributed by atoms with E-state index >= 15 is 0 Å². The Kier molecular flexibility index (Phi) is 2.62. The van der Waals surface area contributed by atoms with Crippen LogP contribution in [0.4, 0.5) is 5.69 Å². The summed E-state index contributed by atoms with van der Waals surface area (Å²) in [6, 6.07) is 1.70. The maximum Gasteiger partial charge on any atom is 0.159 e. The van der Waals surface area contributed by atoms with Crippen molar-refractivity contribution < 1.29 is 5.11 Å². The topological polar surface area (TPSA) is 48.7 Å². The van der Waals surface area contributed by atoms with Gasteiger partial charge in [0.1, 0.15) is 5.69 Å². The number of pyridine rings is 1. The van der Waals surface area contributed by atoms with Gasteiger partial charge in [-0.25, -0.2) is 4.99 Å². The van der Waals surface area contributed by atoms with E-state index in [0.29, 0.717) is 5.69 Å². The van der Waals surface area contributed by atoms with E-state index in [1.165, 1.54) is 19.0 Å². The molecular formula is C10H13N3O. The highest BCUT2D eigenvalue weighted by Gasteiger charge is 2.07. The third-order valence-electron chi connectivity index (χ3n) is 2.28. The van der Waals surface area contributed by atoms with Gasteiger partial charge in [-0.15, -0.1) is 0 Å². The molecular weight excluding hydrogens is 178 g/mol. The molecule has 0 radical (unpaired) electrons. The summed E-state index contributed by atoms with van der Waals surface area (Å²) in [6.07, 6.45) is 7.28. The zero-order valence-corrected chi connectivity index (χ0v) is 7.93. The summed E-state index contributed by atoms with van der Waals surface area (Å²) >= 11 is 0. The summed E-state index contributed by atoms with van der Waals surface area (Å²) in [5, 5.41) is 9.39. The second-order valence-corrected chi connectivity index (χ2v) is 3.35. The minimum Gasteiger partial charge on any atom is -0.504 e. The zero-order chi connectivity index (χ0) is 9.80. The number of hydrogen-bond donors (Lipinski definition) is 1. The molecule has 1 aliphatic rings. The summed E-state index contributed by atoms with van der Waals surface area (Å²) in [7, 11) is 0. The fraction of sp³-hybridized carbons (Fsp3) is 0.400. The summed E-state index contributed by atoms with van der Waals surface area (Å²) < 4.78 is 0.